The topological polar surface area (TPSA) is 158 Å². The molecule has 6 N–H and O–H groups in total. The average molecular weight is 348 g/mol. The molecule has 2 unspecified atom stereocenters. The van der Waals surface area contributed by atoms with E-state index in [0.717, 1.165) is 33.5 Å². The molecule has 2 aliphatic rings. The molecule has 10 nitrogen and oxygen atoms in total. The van der Waals surface area contributed by atoms with Gasteiger partial charge in [0.15, 0.2) is 0 Å². The van der Waals surface area contributed by atoms with Crippen LogP contribution in [0.25, 0.3) is 0 Å². The number of aliphatic hydroxyl groups excluding tert-OH is 2. The number of nitrogens with zero attached hydrogens (tertiary/aromatic N) is 4. The third kappa shape index (κ3) is 3.42. The Morgan fingerprint density at radius 3 is 1.59 bits per heavy atom. The summed E-state index contributed by atoms with van der Waals surface area (Å²) in [5.41, 5.74) is 0. The van der Waals surface area contributed by atoms with E-state index in [4.69, 9.17) is 21.9 Å². The molecule has 0 radical (unpaired) electrons. The van der Waals surface area contributed by atoms with Crippen molar-refractivity contribution in [3.8, 4) is 0 Å². The predicted octanol–water partition coefficient (Wildman–Crippen LogP) is -1.99. The Morgan fingerprint density at radius 2 is 1.27 bits per heavy atom. The van der Waals surface area contributed by atoms with E-state index >= 15 is 0 Å². The van der Waals surface area contributed by atoms with Crippen LogP contribution in [0.3, 0.4) is 0 Å². The Kier molecular flexibility index (Phi) is 5.77. The van der Waals surface area contributed by atoms with Crippen molar-refractivity contribution in [1.82, 2.24) is 10.0 Å². The van der Waals surface area contributed by atoms with Crippen molar-refractivity contribution < 1.29 is 19.8 Å². The van der Waals surface area contributed by atoms with Crippen molar-refractivity contribution in [3.05, 3.63) is 0 Å². The Morgan fingerprint density at radius 1 is 0.909 bits per heavy atom. The van der Waals surface area contributed by atoms with Gasteiger partial charge >= 0.3 is 0 Å². The van der Waals surface area contributed by atoms with Gasteiger partial charge in [-0.3, -0.25) is 9.59 Å². The van der Waals surface area contributed by atoms with Crippen molar-refractivity contribution in [1.29, 1.82) is 0 Å². The molecule has 0 aromatic rings. The lowest BCUT2D eigenvalue weighted by atomic mass is 10.3. The van der Waals surface area contributed by atoms with Gasteiger partial charge in [0.25, 0.3) is 11.8 Å². The summed E-state index contributed by atoms with van der Waals surface area (Å²) in [5.74, 6) is 10.5. The van der Waals surface area contributed by atoms with Crippen molar-refractivity contribution in [2.75, 3.05) is 13.2 Å². The maximum Gasteiger partial charge on any atom is 0.256 e. The summed E-state index contributed by atoms with van der Waals surface area (Å²) in [6.07, 6.45) is 0.531. The molecule has 2 saturated heterocycles. The summed E-state index contributed by atoms with van der Waals surface area (Å²) in [4.78, 5) is 23.5. The number of nitrogens with two attached hydrogens (primary N) is 2. The van der Waals surface area contributed by atoms with E-state index in [9.17, 15) is 9.59 Å². The summed E-state index contributed by atoms with van der Waals surface area (Å²) in [6.45, 7) is -0.272. The van der Waals surface area contributed by atoms with Crippen LogP contribution in [0.2, 0.25) is 0 Å². The summed E-state index contributed by atoms with van der Waals surface area (Å²) < 4.78 is 0. The van der Waals surface area contributed by atoms with Gasteiger partial charge in [-0.2, -0.15) is 0 Å². The number of amidine groups is 2. The minimum Gasteiger partial charge on any atom is -0.396 e. The zero-order chi connectivity index (χ0) is 16.3. The van der Waals surface area contributed by atoms with Gasteiger partial charge < -0.3 is 10.2 Å². The van der Waals surface area contributed by atoms with E-state index in [-0.39, 0.29) is 48.2 Å². The van der Waals surface area contributed by atoms with Gasteiger partial charge in [-0.25, -0.2) is 21.7 Å². The van der Waals surface area contributed by atoms with Crippen molar-refractivity contribution >= 4 is 45.7 Å². The van der Waals surface area contributed by atoms with Crippen molar-refractivity contribution in [3.63, 3.8) is 0 Å². The fourth-order valence-electron chi connectivity index (χ4n) is 1.80. The maximum atomic E-state index is 11.8. The van der Waals surface area contributed by atoms with Crippen molar-refractivity contribution in [2.24, 2.45) is 21.9 Å². The lowest BCUT2D eigenvalue weighted by Gasteiger charge is -2.07. The van der Waals surface area contributed by atoms with E-state index in [1.165, 1.54) is 0 Å². The third-order valence-electron chi connectivity index (χ3n) is 2.94. The number of carbonyl (C=O) groups is 2. The van der Waals surface area contributed by atoms with Crippen LogP contribution in [0.5, 0.6) is 0 Å². The quantitative estimate of drug-likeness (QED) is 0.253. The fraction of sp³-hybridized carbons (Fsp3) is 0.600. The first-order chi connectivity index (χ1) is 10.5. The highest BCUT2D eigenvalue weighted by Gasteiger charge is 2.38. The van der Waals surface area contributed by atoms with Gasteiger partial charge in [-0.15, -0.1) is 10.2 Å². The predicted molar refractivity (Wildman–Crippen MR) is 83.1 cm³/mol. The minimum absolute atomic E-state index is 0.136. The molecular weight excluding hydrogens is 332 g/mol. The number of rotatable bonds is 5. The molecule has 0 saturated carbocycles. The largest absolute Gasteiger partial charge is 0.396 e. The second-order valence-electron chi connectivity index (χ2n) is 4.42. The van der Waals surface area contributed by atoms with Crippen molar-refractivity contribution in [2.45, 2.75) is 23.3 Å². The Bertz CT molecular complexity index is 482. The molecule has 0 bridgehead atoms. The standard InChI is InChI=1S/C10H16N6O4S2/c11-15-7(19)5(1-3-17)21-9(15)13-14-10-16(12)8(20)6(22-10)2-4-18/h5-6,17-18H,1-4,11-12H2/b13-9+,14-10+. The highest BCUT2D eigenvalue weighted by molar-refractivity contribution is 8.16. The lowest BCUT2D eigenvalue weighted by molar-refractivity contribution is -0.127. The van der Waals surface area contributed by atoms with Gasteiger partial charge in [-0.1, -0.05) is 23.5 Å². The summed E-state index contributed by atoms with van der Waals surface area (Å²) in [7, 11) is 0. The highest BCUT2D eigenvalue weighted by Crippen LogP contribution is 2.29. The molecular formula is C10H16N6O4S2. The van der Waals surface area contributed by atoms with E-state index < -0.39 is 10.5 Å². The second-order valence-corrected chi connectivity index (χ2v) is 6.76. The van der Waals surface area contributed by atoms with Crippen LogP contribution < -0.4 is 11.7 Å². The molecule has 0 spiro atoms. The summed E-state index contributed by atoms with van der Waals surface area (Å²) in [6, 6.07) is 0. The monoisotopic (exact) mass is 348 g/mol. The van der Waals surface area contributed by atoms with E-state index in [1.54, 1.807) is 0 Å². The Hall–Kier alpha value is -1.18. The van der Waals surface area contributed by atoms with Crippen LogP contribution in [-0.4, -0.2) is 66.1 Å². The third-order valence-corrected chi connectivity index (χ3v) is 5.36. The van der Waals surface area contributed by atoms with E-state index in [0.29, 0.717) is 0 Å². The zero-order valence-corrected chi connectivity index (χ0v) is 13.1. The van der Waals surface area contributed by atoms with Gasteiger partial charge in [-0.05, 0) is 12.8 Å². The molecule has 2 amide bonds. The number of amides is 2. The van der Waals surface area contributed by atoms with Crippen LogP contribution >= 0.6 is 23.5 Å². The van der Waals surface area contributed by atoms with E-state index in [2.05, 4.69) is 10.2 Å². The van der Waals surface area contributed by atoms with Gasteiger partial charge in [0.1, 0.15) is 0 Å². The molecule has 2 fully saturated rings. The molecule has 2 rings (SSSR count). The van der Waals surface area contributed by atoms with Crippen LogP contribution in [0.15, 0.2) is 10.2 Å². The zero-order valence-electron chi connectivity index (χ0n) is 11.5. The molecule has 22 heavy (non-hydrogen) atoms. The molecule has 122 valence electrons. The number of carbonyl (C=O) groups excluding carboxylic acids is 2. The molecule has 0 aliphatic carbocycles. The highest BCUT2D eigenvalue weighted by atomic mass is 32.2. The van der Waals surface area contributed by atoms with Crippen LogP contribution in [0, 0.1) is 0 Å². The number of hydrazine groups is 2. The molecule has 0 aromatic carbocycles. The lowest BCUT2D eigenvalue weighted by Crippen LogP contribution is -2.39. The molecule has 2 atom stereocenters. The van der Waals surface area contributed by atoms with Crippen LogP contribution in [0.1, 0.15) is 12.8 Å². The number of thioether (sulfide) groups is 2. The summed E-state index contributed by atoms with van der Waals surface area (Å²) >= 11 is 2.18. The fourth-order valence-corrected chi connectivity index (χ4v) is 3.76. The second kappa shape index (κ2) is 7.39. The van der Waals surface area contributed by atoms with Crippen LogP contribution in [0.4, 0.5) is 0 Å². The van der Waals surface area contributed by atoms with Gasteiger partial charge in [0.2, 0.25) is 10.3 Å². The first-order valence-electron chi connectivity index (χ1n) is 6.37. The van der Waals surface area contributed by atoms with Gasteiger partial charge in [0.05, 0.1) is 10.5 Å². The SMILES string of the molecule is NN1C(=O)C(CCO)S/C1=N/N=C1/SC(CCO)C(=O)N1N. The Balaban J connectivity index is 2.10. The normalized spacial score (nSPS) is 29.5. The first-order valence-corrected chi connectivity index (χ1v) is 8.13. The number of aliphatic hydroxyl groups is 2. The van der Waals surface area contributed by atoms with Gasteiger partial charge in [0, 0.05) is 13.2 Å². The molecule has 12 heteroatoms. The maximum absolute atomic E-state index is 11.8. The molecule has 0 aromatic heterocycles. The molecule has 2 aliphatic heterocycles. The molecule has 2 heterocycles. The summed E-state index contributed by atoms with van der Waals surface area (Å²) in [5, 5.41) is 26.6. The average Bonchev–Trinajstić information content (AvgIpc) is 2.91. The minimum atomic E-state index is -0.497. The van der Waals surface area contributed by atoms with E-state index in [1.807, 2.05) is 0 Å². The number of hydrogen-bond donors (Lipinski definition) is 4. The Labute approximate surface area is 134 Å². The first kappa shape index (κ1) is 17.2. The number of hydrogen-bond acceptors (Lipinski definition) is 10. The smallest absolute Gasteiger partial charge is 0.256 e. The van der Waals surface area contributed by atoms with Crippen LogP contribution in [-0.2, 0) is 9.59 Å².